The fourth-order valence-corrected chi connectivity index (χ4v) is 1.87. The fraction of sp³-hybridized carbons (Fsp3) is 0.111. The molecule has 2 rings (SSSR count). The lowest BCUT2D eigenvalue weighted by Crippen LogP contribution is -2.14. The Morgan fingerprint density at radius 3 is 2.46 bits per heavy atom. The molecule has 0 unspecified atom stereocenters. The van der Waals surface area contributed by atoms with E-state index in [-0.39, 0.29) is 11.7 Å². The maximum Gasteiger partial charge on any atom is 0.264 e. The molecule has 124 valence electrons. The van der Waals surface area contributed by atoms with E-state index >= 15 is 0 Å². The van der Waals surface area contributed by atoms with Crippen molar-refractivity contribution in [1.82, 2.24) is 5.43 Å². The quantitative estimate of drug-likeness (QED) is 0.486. The predicted octanol–water partition coefficient (Wildman–Crippen LogP) is 2.57. The topological polar surface area (TPSA) is 80.2 Å². The molecule has 0 saturated carbocycles. The molecule has 6 heteroatoms. The van der Waals surface area contributed by atoms with Crippen LogP contribution >= 0.6 is 0 Å². The van der Waals surface area contributed by atoms with Gasteiger partial charge in [-0.05, 0) is 53.6 Å². The average Bonchev–Trinajstić information content (AvgIpc) is 2.61. The minimum Gasteiger partial charge on any atom is -0.504 e. The lowest BCUT2D eigenvalue weighted by atomic mass is 10.2. The SMILES string of the molecule is COc1ccc(/C=N/NC(=O)/C=C/c2ccc(O)c(OC)c2)cc1. The number of nitrogens with zero attached hydrogens (tertiary/aromatic N) is 1. The first-order valence-electron chi connectivity index (χ1n) is 7.14. The van der Waals surface area contributed by atoms with E-state index in [2.05, 4.69) is 10.5 Å². The lowest BCUT2D eigenvalue weighted by Gasteiger charge is -2.03. The molecule has 2 aromatic rings. The van der Waals surface area contributed by atoms with Gasteiger partial charge >= 0.3 is 0 Å². The van der Waals surface area contributed by atoms with Crippen molar-refractivity contribution >= 4 is 18.2 Å². The first kappa shape index (κ1) is 17.1. The van der Waals surface area contributed by atoms with E-state index in [1.54, 1.807) is 37.5 Å². The fourth-order valence-electron chi connectivity index (χ4n) is 1.87. The van der Waals surface area contributed by atoms with E-state index < -0.39 is 0 Å². The van der Waals surface area contributed by atoms with Crippen molar-refractivity contribution < 1.29 is 19.4 Å². The van der Waals surface area contributed by atoms with Crippen LogP contribution in [0.3, 0.4) is 0 Å². The highest BCUT2D eigenvalue weighted by Gasteiger charge is 2.01. The number of hydrazone groups is 1. The molecule has 2 aromatic carbocycles. The zero-order chi connectivity index (χ0) is 17.4. The van der Waals surface area contributed by atoms with Gasteiger partial charge in [0, 0.05) is 6.08 Å². The van der Waals surface area contributed by atoms with E-state index in [0.717, 1.165) is 16.9 Å². The Bertz CT molecular complexity index is 752. The third-order valence-corrected chi connectivity index (χ3v) is 3.14. The predicted molar refractivity (Wildman–Crippen MR) is 92.4 cm³/mol. The van der Waals surface area contributed by atoms with Crippen LogP contribution in [0.15, 0.2) is 53.6 Å². The van der Waals surface area contributed by atoms with Gasteiger partial charge < -0.3 is 14.6 Å². The molecule has 1 amide bonds. The standard InChI is InChI=1S/C18H18N2O4/c1-23-15-7-3-14(4-8-15)12-19-20-18(22)10-6-13-5-9-16(21)17(11-13)24-2/h3-12,21H,1-2H3,(H,20,22)/b10-6+,19-12+. The summed E-state index contributed by atoms with van der Waals surface area (Å²) in [7, 11) is 3.06. The number of rotatable bonds is 6. The molecule has 0 saturated heterocycles. The third kappa shape index (κ3) is 4.88. The van der Waals surface area contributed by atoms with Crippen LogP contribution in [0.2, 0.25) is 0 Å². The first-order valence-corrected chi connectivity index (χ1v) is 7.14. The number of hydrogen-bond acceptors (Lipinski definition) is 5. The molecule has 0 spiro atoms. The van der Waals surface area contributed by atoms with Crippen LogP contribution in [-0.4, -0.2) is 31.4 Å². The minimum atomic E-state index is -0.369. The van der Waals surface area contributed by atoms with Crippen LogP contribution in [0, 0.1) is 0 Å². The Kier molecular flexibility index (Phi) is 5.96. The van der Waals surface area contributed by atoms with Crippen LogP contribution in [0.4, 0.5) is 0 Å². The average molecular weight is 326 g/mol. The molecular weight excluding hydrogens is 308 g/mol. The van der Waals surface area contributed by atoms with E-state index in [4.69, 9.17) is 9.47 Å². The van der Waals surface area contributed by atoms with Gasteiger partial charge in [0.1, 0.15) is 5.75 Å². The second-order valence-corrected chi connectivity index (χ2v) is 4.77. The number of ether oxygens (including phenoxy) is 2. The minimum absolute atomic E-state index is 0.0446. The summed E-state index contributed by atoms with van der Waals surface area (Å²) in [4.78, 5) is 11.7. The van der Waals surface area contributed by atoms with Gasteiger partial charge in [0.2, 0.25) is 0 Å². The summed E-state index contributed by atoms with van der Waals surface area (Å²) < 4.78 is 10.1. The van der Waals surface area contributed by atoms with Gasteiger partial charge in [-0.25, -0.2) is 5.43 Å². The zero-order valence-electron chi connectivity index (χ0n) is 13.4. The second kappa shape index (κ2) is 8.38. The van der Waals surface area contributed by atoms with Crippen LogP contribution in [0.5, 0.6) is 17.2 Å². The lowest BCUT2D eigenvalue weighted by molar-refractivity contribution is -0.116. The number of nitrogens with one attached hydrogen (secondary N) is 1. The van der Waals surface area contributed by atoms with Gasteiger partial charge in [0.05, 0.1) is 20.4 Å². The van der Waals surface area contributed by atoms with Gasteiger partial charge in [-0.15, -0.1) is 0 Å². The van der Waals surface area contributed by atoms with E-state index in [9.17, 15) is 9.90 Å². The number of carbonyl (C=O) groups is 1. The normalized spacial score (nSPS) is 10.9. The summed E-state index contributed by atoms with van der Waals surface area (Å²) in [6.07, 6.45) is 4.48. The van der Waals surface area contributed by atoms with Crippen molar-refractivity contribution in [2.24, 2.45) is 5.10 Å². The summed E-state index contributed by atoms with van der Waals surface area (Å²) in [6, 6.07) is 12.1. The largest absolute Gasteiger partial charge is 0.504 e. The highest BCUT2D eigenvalue weighted by molar-refractivity contribution is 5.92. The monoisotopic (exact) mass is 326 g/mol. The van der Waals surface area contributed by atoms with Crippen molar-refractivity contribution in [3.63, 3.8) is 0 Å². The molecule has 0 aliphatic rings. The van der Waals surface area contributed by atoms with Crippen LogP contribution in [0.25, 0.3) is 6.08 Å². The molecule has 0 aliphatic heterocycles. The summed E-state index contributed by atoms with van der Waals surface area (Å²) >= 11 is 0. The number of amides is 1. The molecule has 0 aliphatic carbocycles. The van der Waals surface area contributed by atoms with Crippen LogP contribution in [-0.2, 0) is 4.79 Å². The summed E-state index contributed by atoms with van der Waals surface area (Å²) in [6.45, 7) is 0. The van der Waals surface area contributed by atoms with Crippen LogP contribution < -0.4 is 14.9 Å². The van der Waals surface area contributed by atoms with Crippen molar-refractivity contribution in [3.05, 3.63) is 59.7 Å². The van der Waals surface area contributed by atoms with E-state index in [1.807, 2.05) is 12.1 Å². The summed E-state index contributed by atoms with van der Waals surface area (Å²) in [5.41, 5.74) is 3.96. The zero-order valence-corrected chi connectivity index (χ0v) is 13.4. The molecule has 0 atom stereocenters. The maximum atomic E-state index is 11.7. The molecule has 0 bridgehead atoms. The van der Waals surface area contributed by atoms with Crippen molar-refractivity contribution in [1.29, 1.82) is 0 Å². The Hall–Kier alpha value is -3.28. The molecule has 2 N–H and O–H groups in total. The Morgan fingerprint density at radius 1 is 1.08 bits per heavy atom. The summed E-state index contributed by atoms with van der Waals surface area (Å²) in [5.74, 6) is 0.772. The van der Waals surface area contributed by atoms with Gasteiger partial charge in [0.25, 0.3) is 5.91 Å². The van der Waals surface area contributed by atoms with Gasteiger partial charge in [0.15, 0.2) is 11.5 Å². The molecular formula is C18H18N2O4. The molecule has 0 fully saturated rings. The number of hydrogen-bond donors (Lipinski definition) is 2. The number of aromatic hydroxyl groups is 1. The first-order chi connectivity index (χ1) is 11.6. The molecule has 6 nitrogen and oxygen atoms in total. The number of benzene rings is 2. The van der Waals surface area contributed by atoms with Crippen molar-refractivity contribution in [2.45, 2.75) is 0 Å². The summed E-state index contributed by atoms with van der Waals surface area (Å²) in [5, 5.41) is 13.4. The highest BCUT2D eigenvalue weighted by atomic mass is 16.5. The highest BCUT2D eigenvalue weighted by Crippen LogP contribution is 2.26. The maximum absolute atomic E-state index is 11.7. The molecule has 0 radical (unpaired) electrons. The smallest absolute Gasteiger partial charge is 0.264 e. The van der Waals surface area contributed by atoms with Crippen molar-refractivity contribution in [2.75, 3.05) is 14.2 Å². The van der Waals surface area contributed by atoms with E-state index in [1.165, 1.54) is 25.5 Å². The van der Waals surface area contributed by atoms with Crippen LogP contribution in [0.1, 0.15) is 11.1 Å². The van der Waals surface area contributed by atoms with Crippen molar-refractivity contribution in [3.8, 4) is 17.2 Å². The van der Waals surface area contributed by atoms with Gasteiger partial charge in [-0.1, -0.05) is 6.07 Å². The second-order valence-electron chi connectivity index (χ2n) is 4.77. The molecule has 0 heterocycles. The Morgan fingerprint density at radius 2 is 1.79 bits per heavy atom. The molecule has 0 aromatic heterocycles. The third-order valence-electron chi connectivity index (χ3n) is 3.14. The number of phenolic OH excluding ortho intramolecular Hbond substituents is 1. The van der Waals surface area contributed by atoms with Gasteiger partial charge in [-0.2, -0.15) is 5.10 Å². The Labute approximate surface area is 140 Å². The Balaban J connectivity index is 1.91. The number of carbonyl (C=O) groups excluding carboxylic acids is 1. The number of phenols is 1. The number of methoxy groups -OCH3 is 2. The van der Waals surface area contributed by atoms with Gasteiger partial charge in [-0.3, -0.25) is 4.79 Å². The van der Waals surface area contributed by atoms with E-state index in [0.29, 0.717) is 5.75 Å². The molecule has 24 heavy (non-hydrogen) atoms.